The van der Waals surface area contributed by atoms with Crippen molar-refractivity contribution in [1.29, 1.82) is 0 Å². The van der Waals surface area contributed by atoms with E-state index in [0.717, 1.165) is 16.8 Å². The highest BCUT2D eigenvalue weighted by molar-refractivity contribution is 6.02. The quantitative estimate of drug-likeness (QED) is 0.917. The number of aromatic nitrogens is 3. The molecular formula is C15H17N5O2. The average Bonchev–Trinajstić information content (AvgIpc) is 3.09. The molecule has 3 rings (SSSR count). The SMILES string of the molecule is Cc1ccc(N2CC(C(=O)Nn3cnnc3)CC2=O)c(C)c1. The molecule has 0 radical (unpaired) electrons. The predicted molar refractivity (Wildman–Crippen MR) is 80.8 cm³/mol. The van der Waals surface area contributed by atoms with E-state index in [-0.39, 0.29) is 24.2 Å². The third-order valence-electron chi connectivity index (χ3n) is 3.80. The van der Waals surface area contributed by atoms with Crippen molar-refractivity contribution in [3.05, 3.63) is 42.0 Å². The molecule has 2 heterocycles. The first kappa shape index (κ1) is 14.2. The molecule has 1 aromatic heterocycles. The lowest BCUT2D eigenvalue weighted by Crippen LogP contribution is -2.31. The van der Waals surface area contributed by atoms with Crippen LogP contribution in [0.5, 0.6) is 0 Å². The van der Waals surface area contributed by atoms with Crippen molar-refractivity contribution in [2.24, 2.45) is 5.92 Å². The molecule has 7 nitrogen and oxygen atoms in total. The maximum absolute atomic E-state index is 12.2. The Kier molecular flexibility index (Phi) is 3.62. The Morgan fingerprint density at radius 3 is 2.68 bits per heavy atom. The summed E-state index contributed by atoms with van der Waals surface area (Å²) in [6, 6.07) is 5.94. The predicted octanol–water partition coefficient (Wildman–Crippen LogP) is 1.02. The van der Waals surface area contributed by atoms with E-state index < -0.39 is 0 Å². The topological polar surface area (TPSA) is 80.1 Å². The summed E-state index contributed by atoms with van der Waals surface area (Å²) in [5.74, 6) is -0.619. The minimum Gasteiger partial charge on any atom is -0.311 e. The van der Waals surface area contributed by atoms with E-state index in [4.69, 9.17) is 0 Å². The number of aryl methyl sites for hydroxylation is 2. The minimum atomic E-state index is -0.379. The van der Waals surface area contributed by atoms with Gasteiger partial charge in [-0.15, -0.1) is 10.2 Å². The van der Waals surface area contributed by atoms with Crippen LogP contribution in [0.2, 0.25) is 0 Å². The van der Waals surface area contributed by atoms with Crippen molar-refractivity contribution < 1.29 is 9.59 Å². The van der Waals surface area contributed by atoms with Gasteiger partial charge in [0, 0.05) is 18.7 Å². The van der Waals surface area contributed by atoms with Crippen molar-refractivity contribution in [1.82, 2.24) is 14.9 Å². The molecule has 2 amide bonds. The van der Waals surface area contributed by atoms with Gasteiger partial charge in [-0.3, -0.25) is 15.0 Å². The molecule has 7 heteroatoms. The number of nitrogens with zero attached hydrogens (tertiary/aromatic N) is 4. The lowest BCUT2D eigenvalue weighted by atomic mass is 10.1. The number of nitrogens with one attached hydrogen (secondary N) is 1. The van der Waals surface area contributed by atoms with E-state index in [1.807, 2.05) is 32.0 Å². The number of carbonyl (C=O) groups excluding carboxylic acids is 2. The molecule has 1 aromatic carbocycles. The largest absolute Gasteiger partial charge is 0.311 e. The highest BCUT2D eigenvalue weighted by Gasteiger charge is 2.35. The van der Waals surface area contributed by atoms with Gasteiger partial charge in [0.15, 0.2) is 0 Å². The monoisotopic (exact) mass is 299 g/mol. The molecule has 1 fully saturated rings. The Balaban J connectivity index is 1.74. The van der Waals surface area contributed by atoms with Gasteiger partial charge in [0.1, 0.15) is 12.7 Å². The Morgan fingerprint density at radius 2 is 2.00 bits per heavy atom. The number of amides is 2. The summed E-state index contributed by atoms with van der Waals surface area (Å²) in [5, 5.41) is 7.24. The van der Waals surface area contributed by atoms with Gasteiger partial charge in [-0.1, -0.05) is 17.7 Å². The first-order chi connectivity index (χ1) is 10.5. The smallest absolute Gasteiger partial charge is 0.244 e. The van der Waals surface area contributed by atoms with Crippen molar-refractivity contribution in [2.75, 3.05) is 16.9 Å². The molecule has 114 valence electrons. The number of carbonyl (C=O) groups is 2. The van der Waals surface area contributed by atoms with Gasteiger partial charge in [0.05, 0.1) is 5.92 Å². The van der Waals surface area contributed by atoms with Crippen molar-refractivity contribution >= 4 is 17.5 Å². The average molecular weight is 299 g/mol. The van der Waals surface area contributed by atoms with Crippen LogP contribution < -0.4 is 10.3 Å². The van der Waals surface area contributed by atoms with Gasteiger partial charge in [-0.25, -0.2) is 4.68 Å². The molecule has 1 N–H and O–H groups in total. The normalized spacial score (nSPS) is 17.8. The Bertz CT molecular complexity index is 711. The maximum Gasteiger partial charge on any atom is 0.244 e. The number of rotatable bonds is 3. The van der Waals surface area contributed by atoms with Crippen molar-refractivity contribution in [2.45, 2.75) is 20.3 Å². The van der Waals surface area contributed by atoms with Gasteiger partial charge in [0.2, 0.25) is 11.8 Å². The second-order valence-corrected chi connectivity index (χ2v) is 5.54. The van der Waals surface area contributed by atoms with Crippen LogP contribution in [0.3, 0.4) is 0 Å². The zero-order valence-electron chi connectivity index (χ0n) is 12.5. The third-order valence-corrected chi connectivity index (χ3v) is 3.80. The van der Waals surface area contributed by atoms with E-state index in [1.165, 1.54) is 17.3 Å². The Hall–Kier alpha value is -2.70. The highest BCUT2D eigenvalue weighted by atomic mass is 16.2. The number of hydrogen-bond donors (Lipinski definition) is 1. The summed E-state index contributed by atoms with van der Waals surface area (Å²) in [5.41, 5.74) is 5.71. The van der Waals surface area contributed by atoms with Crippen molar-refractivity contribution in [3.8, 4) is 0 Å². The van der Waals surface area contributed by atoms with E-state index in [9.17, 15) is 9.59 Å². The number of hydrogen-bond acceptors (Lipinski definition) is 4. The zero-order chi connectivity index (χ0) is 15.7. The number of anilines is 1. The van der Waals surface area contributed by atoms with Gasteiger partial charge in [0.25, 0.3) is 0 Å². The summed E-state index contributed by atoms with van der Waals surface area (Å²) in [6.45, 7) is 4.37. The molecule has 1 atom stereocenters. The van der Waals surface area contributed by atoms with Gasteiger partial charge in [-0.05, 0) is 25.5 Å². The first-order valence-corrected chi connectivity index (χ1v) is 7.07. The second-order valence-electron chi connectivity index (χ2n) is 5.54. The molecular weight excluding hydrogens is 282 g/mol. The lowest BCUT2D eigenvalue weighted by Gasteiger charge is -2.19. The van der Waals surface area contributed by atoms with E-state index in [1.54, 1.807) is 4.90 Å². The van der Waals surface area contributed by atoms with Crippen LogP contribution in [-0.4, -0.2) is 33.2 Å². The summed E-state index contributed by atoms with van der Waals surface area (Å²) >= 11 is 0. The third kappa shape index (κ3) is 2.69. The van der Waals surface area contributed by atoms with E-state index >= 15 is 0 Å². The molecule has 0 bridgehead atoms. The summed E-state index contributed by atoms with van der Waals surface area (Å²) < 4.78 is 1.38. The standard InChI is InChI=1S/C15H17N5O2/c1-10-3-4-13(11(2)5-10)20-7-12(6-14(20)21)15(22)18-19-8-16-17-9-19/h3-5,8-9,12H,6-7H2,1-2H3,(H,18,22). The highest BCUT2D eigenvalue weighted by Crippen LogP contribution is 2.28. The minimum absolute atomic E-state index is 0.0316. The molecule has 0 spiro atoms. The molecule has 1 unspecified atom stereocenters. The lowest BCUT2D eigenvalue weighted by molar-refractivity contribution is -0.123. The fraction of sp³-hybridized carbons (Fsp3) is 0.333. The Morgan fingerprint density at radius 1 is 1.27 bits per heavy atom. The van der Waals surface area contributed by atoms with Crippen LogP contribution in [0.25, 0.3) is 0 Å². The van der Waals surface area contributed by atoms with Crippen LogP contribution in [0, 0.1) is 19.8 Å². The van der Waals surface area contributed by atoms with Crippen molar-refractivity contribution in [3.63, 3.8) is 0 Å². The molecule has 1 saturated heterocycles. The summed E-state index contributed by atoms with van der Waals surface area (Å²) in [6.07, 6.45) is 3.01. The van der Waals surface area contributed by atoms with E-state index in [2.05, 4.69) is 15.6 Å². The van der Waals surface area contributed by atoms with Crippen LogP contribution in [0.15, 0.2) is 30.9 Å². The van der Waals surface area contributed by atoms with Gasteiger partial charge >= 0.3 is 0 Å². The van der Waals surface area contributed by atoms with Gasteiger partial charge in [-0.2, -0.15) is 0 Å². The molecule has 2 aromatic rings. The fourth-order valence-electron chi connectivity index (χ4n) is 2.70. The molecule has 0 saturated carbocycles. The molecule has 1 aliphatic rings. The zero-order valence-corrected chi connectivity index (χ0v) is 12.5. The Labute approximate surface area is 127 Å². The summed E-state index contributed by atoms with van der Waals surface area (Å²) in [4.78, 5) is 26.1. The van der Waals surface area contributed by atoms with Crippen LogP contribution in [0.1, 0.15) is 17.5 Å². The number of benzene rings is 1. The van der Waals surface area contributed by atoms with Crippen LogP contribution in [-0.2, 0) is 9.59 Å². The maximum atomic E-state index is 12.2. The first-order valence-electron chi connectivity index (χ1n) is 7.07. The second kappa shape index (κ2) is 5.59. The molecule has 0 aliphatic carbocycles. The van der Waals surface area contributed by atoms with Crippen LogP contribution in [0.4, 0.5) is 5.69 Å². The van der Waals surface area contributed by atoms with E-state index in [0.29, 0.717) is 6.54 Å². The summed E-state index contributed by atoms with van der Waals surface area (Å²) in [7, 11) is 0. The molecule has 1 aliphatic heterocycles. The fourth-order valence-corrected chi connectivity index (χ4v) is 2.70. The van der Waals surface area contributed by atoms with Gasteiger partial charge < -0.3 is 4.90 Å². The van der Waals surface area contributed by atoms with Crippen LogP contribution >= 0.6 is 0 Å². The molecule has 22 heavy (non-hydrogen) atoms.